The highest BCUT2D eigenvalue weighted by Crippen LogP contribution is 2.60. The van der Waals surface area contributed by atoms with Gasteiger partial charge in [-0.15, -0.1) is 5.10 Å². The zero-order valence-electron chi connectivity index (χ0n) is 16.8. The van der Waals surface area contributed by atoms with Crippen molar-refractivity contribution in [2.24, 2.45) is 17.8 Å². The van der Waals surface area contributed by atoms with Crippen molar-refractivity contribution < 1.29 is 0 Å². The highest BCUT2D eigenvalue weighted by molar-refractivity contribution is 5.83. The van der Waals surface area contributed by atoms with E-state index < -0.39 is 0 Å². The number of nitrogens with zero attached hydrogens (tertiary/aromatic N) is 5. The summed E-state index contributed by atoms with van der Waals surface area (Å²) in [6.07, 6.45) is 8.62. The lowest BCUT2D eigenvalue weighted by atomic mass is 9.48. The zero-order valence-corrected chi connectivity index (χ0v) is 16.8. The minimum atomic E-state index is 0.429. The molecule has 0 unspecified atom stereocenters. The topological polar surface area (TPSA) is 68.0 Å². The van der Waals surface area contributed by atoms with Crippen LogP contribution in [0.5, 0.6) is 0 Å². The van der Waals surface area contributed by atoms with Crippen LogP contribution in [0.25, 0.3) is 16.7 Å². The smallest absolute Gasteiger partial charge is 0.222 e. The summed E-state index contributed by atoms with van der Waals surface area (Å²) in [4.78, 5) is 4.77. The van der Waals surface area contributed by atoms with Crippen molar-refractivity contribution in [3.63, 3.8) is 0 Å². The first-order valence-corrected chi connectivity index (χ1v) is 11.1. The van der Waals surface area contributed by atoms with Gasteiger partial charge < -0.3 is 5.32 Å². The van der Waals surface area contributed by atoms with Gasteiger partial charge in [-0.1, -0.05) is 24.3 Å². The van der Waals surface area contributed by atoms with Crippen molar-refractivity contribution in [1.82, 2.24) is 25.0 Å². The summed E-state index contributed by atoms with van der Waals surface area (Å²) in [6, 6.07) is 17.0. The van der Waals surface area contributed by atoms with E-state index in [-0.39, 0.29) is 0 Å². The maximum atomic E-state index is 4.77. The molecule has 4 aromatic rings. The summed E-state index contributed by atoms with van der Waals surface area (Å²) >= 11 is 0. The van der Waals surface area contributed by atoms with Crippen LogP contribution in [0.2, 0.25) is 0 Å². The van der Waals surface area contributed by atoms with E-state index in [2.05, 4.69) is 45.1 Å². The molecule has 0 aliphatic heterocycles. The van der Waals surface area contributed by atoms with E-state index in [1.54, 1.807) is 4.52 Å². The molecule has 2 aromatic heterocycles. The van der Waals surface area contributed by atoms with Gasteiger partial charge in [-0.2, -0.15) is 4.52 Å². The SMILES string of the molecule is c1ccc2c(c1)nc(Nc1ccc(C34CC5CC(CC(C5)C3)C4)cc1)c1nnnn12. The number of fused-ring (bicyclic) bond motifs is 3. The molecule has 0 atom stereocenters. The fourth-order valence-corrected chi connectivity index (χ4v) is 7.00. The molecule has 2 heterocycles. The quantitative estimate of drug-likeness (QED) is 0.534. The standard InChI is InChI=1S/C24H24N6/c1-2-4-21-20(3-1)26-22(23-27-28-29-30(21)23)25-19-7-5-18(6-8-19)24-12-15-9-16(13-24)11-17(10-15)14-24/h1-8,15-17H,9-14H2,(H,25,26). The van der Waals surface area contributed by atoms with Crippen LogP contribution in [-0.2, 0) is 5.41 Å². The first kappa shape index (κ1) is 16.7. The average Bonchev–Trinajstić information content (AvgIpc) is 3.24. The molecule has 150 valence electrons. The van der Waals surface area contributed by atoms with E-state index in [0.717, 1.165) is 34.5 Å². The fourth-order valence-electron chi connectivity index (χ4n) is 7.00. The first-order valence-electron chi connectivity index (χ1n) is 11.1. The molecule has 0 saturated heterocycles. The molecular weight excluding hydrogens is 372 g/mol. The molecule has 0 radical (unpaired) electrons. The molecule has 4 aliphatic rings. The van der Waals surface area contributed by atoms with Crippen LogP contribution in [0.1, 0.15) is 44.1 Å². The van der Waals surface area contributed by atoms with Gasteiger partial charge in [0, 0.05) is 5.69 Å². The number of aromatic nitrogens is 5. The molecule has 30 heavy (non-hydrogen) atoms. The van der Waals surface area contributed by atoms with Gasteiger partial charge >= 0.3 is 0 Å². The summed E-state index contributed by atoms with van der Waals surface area (Å²) in [5.41, 5.74) is 5.40. The maximum Gasteiger partial charge on any atom is 0.222 e. The summed E-state index contributed by atoms with van der Waals surface area (Å²) in [5.74, 6) is 3.57. The number of anilines is 2. The Bertz CT molecular complexity index is 1220. The van der Waals surface area contributed by atoms with Crippen LogP contribution in [0.3, 0.4) is 0 Å². The van der Waals surface area contributed by atoms with Crippen molar-refractivity contribution in [2.45, 2.75) is 43.9 Å². The summed E-state index contributed by atoms with van der Waals surface area (Å²) in [6.45, 7) is 0. The Kier molecular flexibility index (Phi) is 3.35. The second-order valence-corrected chi connectivity index (χ2v) is 9.76. The average molecular weight is 396 g/mol. The van der Waals surface area contributed by atoms with Crippen molar-refractivity contribution in [3.05, 3.63) is 54.1 Å². The number of tetrazole rings is 1. The summed E-state index contributed by atoms with van der Waals surface area (Å²) < 4.78 is 1.74. The Balaban J connectivity index is 1.23. The third-order valence-electron chi connectivity index (χ3n) is 7.82. The van der Waals surface area contributed by atoms with Crippen LogP contribution in [0.4, 0.5) is 11.5 Å². The Morgan fingerprint density at radius 3 is 2.30 bits per heavy atom. The molecule has 0 spiro atoms. The van der Waals surface area contributed by atoms with E-state index in [4.69, 9.17) is 4.98 Å². The third-order valence-corrected chi connectivity index (χ3v) is 7.82. The lowest BCUT2D eigenvalue weighted by molar-refractivity contribution is -0.00518. The number of hydrogen-bond acceptors (Lipinski definition) is 5. The van der Waals surface area contributed by atoms with E-state index in [9.17, 15) is 0 Å². The van der Waals surface area contributed by atoms with E-state index in [1.165, 1.54) is 44.1 Å². The third kappa shape index (κ3) is 2.42. The van der Waals surface area contributed by atoms with Gasteiger partial charge in [0.25, 0.3) is 0 Å². The molecule has 6 nitrogen and oxygen atoms in total. The fraction of sp³-hybridized carbons (Fsp3) is 0.417. The van der Waals surface area contributed by atoms with Gasteiger partial charge in [0.05, 0.1) is 11.0 Å². The van der Waals surface area contributed by atoms with Gasteiger partial charge in [0.2, 0.25) is 5.65 Å². The zero-order chi connectivity index (χ0) is 19.7. The lowest BCUT2D eigenvalue weighted by Gasteiger charge is -2.57. The predicted molar refractivity (Wildman–Crippen MR) is 116 cm³/mol. The Morgan fingerprint density at radius 2 is 1.57 bits per heavy atom. The van der Waals surface area contributed by atoms with Gasteiger partial charge in [0.15, 0.2) is 5.82 Å². The molecule has 4 fully saturated rings. The Hall–Kier alpha value is -3.02. The van der Waals surface area contributed by atoms with Crippen molar-refractivity contribution in [2.75, 3.05) is 5.32 Å². The van der Waals surface area contributed by atoms with Gasteiger partial charge in [0.1, 0.15) is 0 Å². The second-order valence-electron chi connectivity index (χ2n) is 9.76. The molecule has 8 rings (SSSR count). The van der Waals surface area contributed by atoms with Crippen molar-refractivity contribution >= 4 is 28.2 Å². The monoisotopic (exact) mass is 396 g/mol. The number of nitrogens with one attached hydrogen (secondary N) is 1. The number of para-hydroxylation sites is 2. The first-order chi connectivity index (χ1) is 14.8. The second kappa shape index (κ2) is 6.00. The van der Waals surface area contributed by atoms with Crippen LogP contribution in [-0.4, -0.2) is 25.0 Å². The van der Waals surface area contributed by atoms with Gasteiger partial charge in [-0.3, -0.25) is 0 Å². The Morgan fingerprint density at radius 1 is 0.867 bits per heavy atom. The number of rotatable bonds is 3. The minimum Gasteiger partial charge on any atom is -0.337 e. The van der Waals surface area contributed by atoms with Gasteiger partial charge in [-0.05, 0) is 102 Å². The lowest BCUT2D eigenvalue weighted by Crippen LogP contribution is -2.48. The number of hydrogen-bond donors (Lipinski definition) is 1. The van der Waals surface area contributed by atoms with E-state index >= 15 is 0 Å². The highest BCUT2D eigenvalue weighted by atomic mass is 15.5. The predicted octanol–water partition coefficient (Wildman–Crippen LogP) is 4.88. The minimum absolute atomic E-state index is 0.429. The largest absolute Gasteiger partial charge is 0.337 e. The molecule has 1 N–H and O–H groups in total. The summed E-state index contributed by atoms with van der Waals surface area (Å²) in [7, 11) is 0. The maximum absolute atomic E-state index is 4.77. The number of benzene rings is 2. The van der Waals surface area contributed by atoms with E-state index in [1.807, 2.05) is 24.3 Å². The molecule has 4 aliphatic carbocycles. The van der Waals surface area contributed by atoms with Crippen molar-refractivity contribution in [3.8, 4) is 0 Å². The van der Waals surface area contributed by atoms with E-state index in [0.29, 0.717) is 16.9 Å². The van der Waals surface area contributed by atoms with Crippen LogP contribution >= 0.6 is 0 Å². The molecule has 0 amide bonds. The molecular formula is C24H24N6. The Labute approximate surface area is 174 Å². The molecule has 4 bridgehead atoms. The molecule has 2 aromatic carbocycles. The highest BCUT2D eigenvalue weighted by Gasteiger charge is 2.51. The van der Waals surface area contributed by atoms with Crippen molar-refractivity contribution in [1.29, 1.82) is 0 Å². The molecule has 6 heteroatoms. The van der Waals surface area contributed by atoms with Crippen LogP contribution in [0, 0.1) is 17.8 Å². The van der Waals surface area contributed by atoms with Gasteiger partial charge in [-0.25, -0.2) is 4.98 Å². The normalized spacial score (nSPS) is 29.7. The van der Waals surface area contributed by atoms with Crippen LogP contribution < -0.4 is 5.32 Å². The molecule has 4 saturated carbocycles. The van der Waals surface area contributed by atoms with Crippen LogP contribution in [0.15, 0.2) is 48.5 Å². The summed E-state index contributed by atoms with van der Waals surface area (Å²) in [5, 5.41) is 15.6.